The van der Waals surface area contributed by atoms with Crippen molar-refractivity contribution < 1.29 is 13.2 Å². The predicted octanol–water partition coefficient (Wildman–Crippen LogP) is 3.25. The highest BCUT2D eigenvalue weighted by Crippen LogP contribution is 2.45. The molecule has 3 rings (SSSR count). The molecule has 0 saturated heterocycles. The highest BCUT2D eigenvalue weighted by molar-refractivity contribution is 7.93. The minimum Gasteiger partial charge on any atom is -0.481 e. The van der Waals surface area contributed by atoms with Gasteiger partial charge in [0.2, 0.25) is 5.88 Å². The Bertz CT molecular complexity index is 998. The van der Waals surface area contributed by atoms with Gasteiger partial charge in [-0.15, -0.1) is 11.3 Å². The van der Waals surface area contributed by atoms with Crippen molar-refractivity contribution in [2.45, 2.75) is 31.1 Å². The van der Waals surface area contributed by atoms with Crippen LogP contribution in [0.2, 0.25) is 5.02 Å². The molecule has 1 unspecified atom stereocenters. The molecule has 2 aromatic rings. The SMILES string of the molecule is COc1cc(-c2cc(Cl)c(C3(C)CS(=O)(=O)C(C)(C)C(N)=N3)s2)ccn1. The third-order valence-corrected chi connectivity index (χ3v) is 9.19. The molecule has 3 heterocycles. The fraction of sp³-hybridized carbons (Fsp3) is 0.412. The minimum absolute atomic E-state index is 0.0999. The number of nitrogens with two attached hydrogens (primary N) is 1. The van der Waals surface area contributed by atoms with Gasteiger partial charge in [0, 0.05) is 17.1 Å². The molecule has 9 heteroatoms. The van der Waals surface area contributed by atoms with E-state index in [0.29, 0.717) is 15.8 Å². The highest BCUT2D eigenvalue weighted by atomic mass is 35.5. The van der Waals surface area contributed by atoms with Crippen LogP contribution in [-0.4, -0.2) is 36.8 Å². The Labute approximate surface area is 162 Å². The number of hydrogen-bond acceptors (Lipinski definition) is 7. The molecule has 1 aliphatic rings. The van der Waals surface area contributed by atoms with Gasteiger partial charge in [0.15, 0.2) is 9.84 Å². The second-order valence-corrected chi connectivity index (χ2v) is 10.9. The zero-order valence-corrected chi connectivity index (χ0v) is 17.3. The van der Waals surface area contributed by atoms with Crippen molar-refractivity contribution >= 4 is 38.6 Å². The van der Waals surface area contributed by atoms with Gasteiger partial charge in [0.1, 0.15) is 16.1 Å². The molecule has 2 aromatic heterocycles. The average Bonchev–Trinajstić information content (AvgIpc) is 2.95. The summed E-state index contributed by atoms with van der Waals surface area (Å²) in [5, 5.41) is 0.467. The van der Waals surface area contributed by atoms with Crippen molar-refractivity contribution in [3.05, 3.63) is 34.3 Å². The number of pyridine rings is 1. The Morgan fingerprint density at radius 1 is 1.31 bits per heavy atom. The third-order valence-electron chi connectivity index (χ3n) is 4.64. The van der Waals surface area contributed by atoms with Gasteiger partial charge in [-0.3, -0.25) is 4.99 Å². The largest absolute Gasteiger partial charge is 0.481 e. The summed E-state index contributed by atoms with van der Waals surface area (Å²) in [7, 11) is -1.94. The van der Waals surface area contributed by atoms with Gasteiger partial charge >= 0.3 is 0 Å². The Balaban J connectivity index is 2.11. The molecular weight excluding hydrogens is 394 g/mol. The van der Waals surface area contributed by atoms with E-state index in [9.17, 15) is 8.42 Å². The zero-order chi connectivity index (χ0) is 19.3. The molecule has 26 heavy (non-hydrogen) atoms. The second-order valence-electron chi connectivity index (χ2n) is 6.91. The molecule has 0 amide bonds. The predicted molar refractivity (Wildman–Crippen MR) is 106 cm³/mol. The summed E-state index contributed by atoms with van der Waals surface area (Å²) in [6, 6.07) is 5.45. The maximum absolute atomic E-state index is 12.8. The van der Waals surface area contributed by atoms with Crippen molar-refractivity contribution in [1.82, 2.24) is 4.98 Å². The highest BCUT2D eigenvalue weighted by Gasteiger charge is 2.49. The van der Waals surface area contributed by atoms with Crippen LogP contribution < -0.4 is 10.5 Å². The van der Waals surface area contributed by atoms with Crippen LogP contribution >= 0.6 is 22.9 Å². The van der Waals surface area contributed by atoms with Crippen LogP contribution in [-0.2, 0) is 15.4 Å². The first-order valence-electron chi connectivity index (χ1n) is 7.88. The number of ether oxygens (including phenoxy) is 1. The fourth-order valence-electron chi connectivity index (χ4n) is 2.81. The maximum atomic E-state index is 12.8. The molecule has 1 aliphatic heterocycles. The molecule has 0 saturated carbocycles. The molecule has 0 radical (unpaired) electrons. The van der Waals surface area contributed by atoms with E-state index in [1.807, 2.05) is 6.07 Å². The van der Waals surface area contributed by atoms with Crippen LogP contribution in [0.3, 0.4) is 0 Å². The van der Waals surface area contributed by atoms with Gasteiger partial charge in [0.25, 0.3) is 0 Å². The molecule has 1 atom stereocenters. The summed E-state index contributed by atoms with van der Waals surface area (Å²) >= 11 is 7.86. The van der Waals surface area contributed by atoms with Crippen LogP contribution in [0.4, 0.5) is 0 Å². The van der Waals surface area contributed by atoms with Crippen molar-refractivity contribution in [3.63, 3.8) is 0 Å². The van der Waals surface area contributed by atoms with E-state index in [1.165, 1.54) is 11.3 Å². The first kappa shape index (κ1) is 19.1. The van der Waals surface area contributed by atoms with E-state index in [-0.39, 0.29) is 11.6 Å². The van der Waals surface area contributed by atoms with Crippen LogP contribution in [0.15, 0.2) is 29.4 Å². The van der Waals surface area contributed by atoms with Gasteiger partial charge < -0.3 is 10.5 Å². The quantitative estimate of drug-likeness (QED) is 0.833. The lowest BCUT2D eigenvalue weighted by atomic mass is 10.0. The van der Waals surface area contributed by atoms with Crippen LogP contribution in [0.1, 0.15) is 25.6 Å². The lowest BCUT2D eigenvalue weighted by Crippen LogP contribution is -2.54. The first-order chi connectivity index (χ1) is 12.0. The number of aromatic nitrogens is 1. The van der Waals surface area contributed by atoms with Gasteiger partial charge in [-0.05, 0) is 38.5 Å². The summed E-state index contributed by atoms with van der Waals surface area (Å²) in [5.41, 5.74) is 5.88. The Morgan fingerprint density at radius 3 is 2.62 bits per heavy atom. The number of sulfone groups is 1. The summed E-state index contributed by atoms with van der Waals surface area (Å²) < 4.78 is 29.5. The number of nitrogens with zero attached hydrogens (tertiary/aromatic N) is 2. The van der Waals surface area contributed by atoms with E-state index >= 15 is 0 Å². The van der Waals surface area contributed by atoms with Gasteiger partial charge in [-0.25, -0.2) is 13.4 Å². The van der Waals surface area contributed by atoms with Crippen LogP contribution in [0.5, 0.6) is 5.88 Å². The van der Waals surface area contributed by atoms with Crippen molar-refractivity contribution in [2.24, 2.45) is 10.7 Å². The molecule has 0 spiro atoms. The molecule has 0 fully saturated rings. The number of thiophene rings is 1. The number of hydrogen-bond donors (Lipinski definition) is 1. The van der Waals surface area contributed by atoms with E-state index < -0.39 is 20.1 Å². The maximum Gasteiger partial charge on any atom is 0.213 e. The molecule has 0 aliphatic carbocycles. The summed E-state index contributed by atoms with van der Waals surface area (Å²) in [6.45, 7) is 4.90. The third kappa shape index (κ3) is 3.00. The molecule has 0 bridgehead atoms. The van der Waals surface area contributed by atoms with E-state index in [0.717, 1.165) is 10.4 Å². The monoisotopic (exact) mass is 413 g/mol. The van der Waals surface area contributed by atoms with Crippen LogP contribution in [0, 0.1) is 0 Å². The molecule has 0 aromatic carbocycles. The van der Waals surface area contributed by atoms with E-state index in [4.69, 9.17) is 22.1 Å². The minimum atomic E-state index is -3.49. The molecule has 2 N–H and O–H groups in total. The lowest BCUT2D eigenvalue weighted by Gasteiger charge is -2.37. The number of amidine groups is 1. The molecule has 6 nitrogen and oxygen atoms in total. The Hall–Kier alpha value is -1.64. The topological polar surface area (TPSA) is 94.6 Å². The van der Waals surface area contributed by atoms with Crippen LogP contribution in [0.25, 0.3) is 10.4 Å². The standard InChI is InChI=1S/C17H20ClN3O3S2/c1-16(2)15(19)21-17(3,9-26(16,22)23)14-11(18)8-12(25-14)10-5-6-20-13(7-10)24-4/h5-8H,9H2,1-4H3,(H2,19,21). The van der Waals surface area contributed by atoms with E-state index in [2.05, 4.69) is 9.98 Å². The van der Waals surface area contributed by atoms with E-state index in [1.54, 1.807) is 46.2 Å². The number of rotatable bonds is 3. The average molecular weight is 414 g/mol. The van der Waals surface area contributed by atoms with Crippen molar-refractivity contribution in [1.29, 1.82) is 0 Å². The van der Waals surface area contributed by atoms with Crippen molar-refractivity contribution in [3.8, 4) is 16.3 Å². The normalized spacial score (nSPS) is 24.1. The fourth-order valence-corrected chi connectivity index (χ4v) is 6.21. The van der Waals surface area contributed by atoms with Gasteiger partial charge in [-0.2, -0.15) is 0 Å². The Morgan fingerprint density at radius 2 is 2.00 bits per heavy atom. The summed E-state index contributed by atoms with van der Waals surface area (Å²) in [4.78, 5) is 10.2. The number of aliphatic imine (C=N–C) groups is 1. The second kappa shape index (κ2) is 6.21. The van der Waals surface area contributed by atoms with Crippen molar-refractivity contribution in [2.75, 3.05) is 12.9 Å². The smallest absolute Gasteiger partial charge is 0.213 e. The summed E-state index contributed by atoms with van der Waals surface area (Å²) in [6.07, 6.45) is 1.65. The number of methoxy groups -OCH3 is 1. The number of halogens is 1. The van der Waals surface area contributed by atoms with Gasteiger partial charge in [0.05, 0.1) is 22.8 Å². The summed E-state index contributed by atoms with van der Waals surface area (Å²) in [5.74, 6) is 0.444. The lowest BCUT2D eigenvalue weighted by molar-refractivity contribution is 0.398. The van der Waals surface area contributed by atoms with Gasteiger partial charge in [-0.1, -0.05) is 11.6 Å². The zero-order valence-electron chi connectivity index (χ0n) is 14.9. The first-order valence-corrected chi connectivity index (χ1v) is 10.7. The molecular formula is C17H20ClN3O3S2. The Kier molecular flexibility index (Phi) is 4.57. The molecule has 140 valence electrons.